The Morgan fingerprint density at radius 2 is 1.46 bits per heavy atom. The Bertz CT molecular complexity index is 830. The minimum absolute atomic E-state index is 0.197. The molecule has 0 heterocycles. The van der Waals surface area contributed by atoms with Crippen LogP contribution >= 0.6 is 0 Å². The molecule has 0 aromatic heterocycles. The van der Waals surface area contributed by atoms with Crippen molar-refractivity contribution in [2.75, 3.05) is 5.32 Å². The third-order valence-electron chi connectivity index (χ3n) is 4.00. The fraction of sp³-hybridized carbons (Fsp3) is 0.286. The summed E-state index contributed by atoms with van der Waals surface area (Å²) >= 11 is 0. The molecule has 0 aliphatic carbocycles. The molecule has 7 heteroatoms. The Hall–Kier alpha value is -3.35. The number of carbonyl (C=O) groups is 3. The summed E-state index contributed by atoms with van der Waals surface area (Å²) in [4.78, 5) is 35.2. The average Bonchev–Trinajstić information content (AvgIpc) is 2.66. The lowest BCUT2D eigenvalue weighted by molar-refractivity contribution is -0.128. The highest BCUT2D eigenvalue weighted by Crippen LogP contribution is 2.19. The predicted molar refractivity (Wildman–Crippen MR) is 107 cm³/mol. The summed E-state index contributed by atoms with van der Waals surface area (Å²) in [5.74, 6) is -0.158. The molecule has 0 saturated heterocycles. The Morgan fingerprint density at radius 1 is 0.857 bits per heavy atom. The van der Waals surface area contributed by atoms with E-state index in [1.54, 1.807) is 31.2 Å². The lowest BCUT2D eigenvalue weighted by Crippen LogP contribution is -2.47. The summed E-state index contributed by atoms with van der Waals surface area (Å²) in [5.41, 5.74) is 6.79. The molecule has 0 spiro atoms. The monoisotopic (exact) mass is 383 g/mol. The Morgan fingerprint density at radius 3 is 2.00 bits per heavy atom. The number of hydrogen-bond acceptors (Lipinski definition) is 4. The van der Waals surface area contributed by atoms with E-state index in [2.05, 4.69) is 30.0 Å². The van der Waals surface area contributed by atoms with Gasteiger partial charge in [0, 0.05) is 18.2 Å². The molecule has 2 aromatic carbocycles. The second-order valence-electron chi connectivity index (χ2n) is 6.69. The van der Waals surface area contributed by atoms with E-state index in [1.165, 1.54) is 12.5 Å². The van der Waals surface area contributed by atoms with E-state index in [0.29, 0.717) is 22.9 Å². The smallest absolute Gasteiger partial charge is 0.279 e. The van der Waals surface area contributed by atoms with Crippen LogP contribution in [0.2, 0.25) is 0 Å². The molecule has 3 N–H and O–H groups in total. The first-order chi connectivity index (χ1) is 13.3. The van der Waals surface area contributed by atoms with Gasteiger partial charge in [0.15, 0.2) is 6.10 Å². The van der Waals surface area contributed by atoms with Crippen molar-refractivity contribution >= 4 is 23.4 Å². The summed E-state index contributed by atoms with van der Waals surface area (Å²) in [7, 11) is 0. The molecule has 0 aliphatic rings. The van der Waals surface area contributed by atoms with Crippen molar-refractivity contribution in [3.05, 3.63) is 59.7 Å². The zero-order chi connectivity index (χ0) is 20.7. The molecule has 7 nitrogen and oxygen atoms in total. The van der Waals surface area contributed by atoms with Gasteiger partial charge in [-0.15, -0.1) is 0 Å². The maximum absolute atomic E-state index is 12.1. The van der Waals surface area contributed by atoms with Crippen molar-refractivity contribution < 1.29 is 19.1 Å². The van der Waals surface area contributed by atoms with Crippen LogP contribution in [-0.2, 0) is 9.59 Å². The van der Waals surface area contributed by atoms with Crippen LogP contribution in [0.25, 0.3) is 0 Å². The van der Waals surface area contributed by atoms with Crippen molar-refractivity contribution in [2.24, 2.45) is 0 Å². The van der Waals surface area contributed by atoms with Crippen molar-refractivity contribution in [3.63, 3.8) is 0 Å². The lowest BCUT2D eigenvalue weighted by Gasteiger charge is -2.16. The SMILES string of the molecule is CC(=O)Nc1ccc(C(=O)NNC(=O)[C@@H](C)Oc2ccc(C(C)C)cc2)cc1. The number of nitrogens with one attached hydrogen (secondary N) is 3. The number of ether oxygens (including phenoxy) is 1. The quantitative estimate of drug-likeness (QED) is 0.668. The molecule has 2 rings (SSSR count). The van der Waals surface area contributed by atoms with E-state index in [1.807, 2.05) is 24.3 Å². The Balaban J connectivity index is 1.84. The first-order valence-corrected chi connectivity index (χ1v) is 9.00. The molecule has 0 aliphatic heterocycles. The van der Waals surface area contributed by atoms with Crippen LogP contribution in [-0.4, -0.2) is 23.8 Å². The zero-order valence-electron chi connectivity index (χ0n) is 16.4. The standard InChI is InChI=1S/C21H25N3O4/c1-13(2)16-7-11-19(12-8-16)28-14(3)20(26)23-24-21(27)17-5-9-18(10-6-17)22-15(4)25/h5-14H,1-4H3,(H,22,25)(H,23,26)(H,24,27)/t14-/m1/s1. The van der Waals surface area contributed by atoms with Gasteiger partial charge in [0.2, 0.25) is 5.91 Å². The lowest BCUT2D eigenvalue weighted by atomic mass is 10.0. The first-order valence-electron chi connectivity index (χ1n) is 9.00. The average molecular weight is 383 g/mol. The zero-order valence-corrected chi connectivity index (χ0v) is 16.4. The van der Waals surface area contributed by atoms with Gasteiger partial charge in [0.25, 0.3) is 11.8 Å². The molecule has 0 radical (unpaired) electrons. The van der Waals surface area contributed by atoms with Crippen LogP contribution in [0, 0.1) is 0 Å². The van der Waals surface area contributed by atoms with Gasteiger partial charge in [-0.2, -0.15) is 0 Å². The molecule has 2 aromatic rings. The van der Waals surface area contributed by atoms with E-state index < -0.39 is 17.9 Å². The van der Waals surface area contributed by atoms with Gasteiger partial charge in [0.05, 0.1) is 0 Å². The van der Waals surface area contributed by atoms with E-state index in [4.69, 9.17) is 4.74 Å². The third-order valence-corrected chi connectivity index (χ3v) is 4.00. The van der Waals surface area contributed by atoms with Crippen molar-refractivity contribution in [1.29, 1.82) is 0 Å². The molecule has 0 bridgehead atoms. The van der Waals surface area contributed by atoms with Crippen molar-refractivity contribution in [3.8, 4) is 5.75 Å². The molecule has 3 amide bonds. The van der Waals surface area contributed by atoms with E-state index >= 15 is 0 Å². The fourth-order valence-electron chi connectivity index (χ4n) is 2.39. The maximum Gasteiger partial charge on any atom is 0.279 e. The number of amides is 3. The van der Waals surface area contributed by atoms with Gasteiger partial charge in [-0.25, -0.2) is 0 Å². The van der Waals surface area contributed by atoms with E-state index in [0.717, 1.165) is 0 Å². The Labute approximate surface area is 164 Å². The predicted octanol–water partition coefficient (Wildman–Crippen LogP) is 3.00. The molecule has 28 heavy (non-hydrogen) atoms. The highest BCUT2D eigenvalue weighted by Gasteiger charge is 2.16. The summed E-state index contributed by atoms with van der Waals surface area (Å²) in [6, 6.07) is 13.8. The second kappa shape index (κ2) is 9.55. The van der Waals surface area contributed by atoms with Crippen molar-refractivity contribution in [2.45, 2.75) is 39.7 Å². The molecule has 0 fully saturated rings. The minimum atomic E-state index is -0.785. The van der Waals surface area contributed by atoms with Gasteiger partial charge in [-0.3, -0.25) is 25.2 Å². The van der Waals surface area contributed by atoms with Crippen LogP contribution in [0.3, 0.4) is 0 Å². The van der Waals surface area contributed by atoms with Gasteiger partial charge in [-0.05, 0) is 54.8 Å². The molecule has 1 atom stereocenters. The summed E-state index contributed by atoms with van der Waals surface area (Å²) in [6.45, 7) is 7.20. The van der Waals surface area contributed by atoms with Gasteiger partial charge in [0.1, 0.15) is 5.75 Å². The third kappa shape index (κ3) is 6.12. The summed E-state index contributed by atoms with van der Waals surface area (Å²) in [6.07, 6.45) is -0.785. The molecular formula is C21H25N3O4. The topological polar surface area (TPSA) is 96.5 Å². The van der Waals surface area contributed by atoms with E-state index in [-0.39, 0.29) is 5.91 Å². The number of hydrogen-bond donors (Lipinski definition) is 3. The van der Waals surface area contributed by atoms with Crippen LogP contribution in [0.15, 0.2) is 48.5 Å². The molecule has 0 saturated carbocycles. The summed E-state index contributed by atoms with van der Waals surface area (Å²) in [5, 5.41) is 2.61. The highest BCUT2D eigenvalue weighted by molar-refractivity contribution is 5.96. The number of hydrazine groups is 1. The molecule has 148 valence electrons. The van der Waals surface area contributed by atoms with Gasteiger partial charge in [-0.1, -0.05) is 26.0 Å². The van der Waals surface area contributed by atoms with Crippen molar-refractivity contribution in [1.82, 2.24) is 10.9 Å². The van der Waals surface area contributed by atoms with Crippen LogP contribution in [0.1, 0.15) is 49.5 Å². The number of carbonyl (C=O) groups excluding carboxylic acids is 3. The van der Waals surface area contributed by atoms with Gasteiger partial charge < -0.3 is 10.1 Å². The first kappa shape index (κ1) is 21.0. The van der Waals surface area contributed by atoms with Crippen LogP contribution in [0.5, 0.6) is 5.75 Å². The fourth-order valence-corrected chi connectivity index (χ4v) is 2.39. The van der Waals surface area contributed by atoms with E-state index in [9.17, 15) is 14.4 Å². The number of anilines is 1. The number of benzene rings is 2. The normalized spacial score (nSPS) is 11.5. The van der Waals surface area contributed by atoms with Gasteiger partial charge >= 0.3 is 0 Å². The minimum Gasteiger partial charge on any atom is -0.481 e. The molecule has 0 unspecified atom stereocenters. The van der Waals surface area contributed by atoms with Crippen LogP contribution < -0.4 is 20.9 Å². The number of rotatable bonds is 6. The summed E-state index contributed by atoms with van der Waals surface area (Å²) < 4.78 is 5.60. The van der Waals surface area contributed by atoms with Crippen LogP contribution in [0.4, 0.5) is 5.69 Å². The Kier molecular flexibility index (Phi) is 7.14. The maximum atomic E-state index is 12.1. The molecular weight excluding hydrogens is 358 g/mol. The second-order valence-corrected chi connectivity index (χ2v) is 6.69. The highest BCUT2D eigenvalue weighted by atomic mass is 16.5. The largest absolute Gasteiger partial charge is 0.481 e.